The number of carbonyl (C=O) groups is 1. The molecule has 2 saturated heterocycles. The maximum Gasteiger partial charge on any atom is 0.157 e. The van der Waals surface area contributed by atoms with Gasteiger partial charge in [0.25, 0.3) is 0 Å². The molecule has 1 unspecified atom stereocenters. The Balaban J connectivity index is 1.61. The van der Waals surface area contributed by atoms with Crippen LogP contribution in [-0.2, 0) is 22.6 Å². The second-order valence-electron chi connectivity index (χ2n) is 5.91. The number of carbonyl (C=O) groups excluding carboxylic acids is 1. The standard InChI is InChI=1S/C14H22N4O2S/c15-8-12-9-18(17-16-12)10-13(19)11-1-4-20-14(7-11)2-5-21-6-3-14/h9,11H,1-8,10,15H2. The Morgan fingerprint density at radius 2 is 2.33 bits per heavy atom. The molecule has 1 aromatic heterocycles. The third kappa shape index (κ3) is 3.46. The van der Waals surface area contributed by atoms with Crippen LogP contribution in [0.3, 0.4) is 0 Å². The van der Waals surface area contributed by atoms with Crippen LogP contribution in [0.15, 0.2) is 6.20 Å². The van der Waals surface area contributed by atoms with E-state index in [4.69, 9.17) is 10.5 Å². The van der Waals surface area contributed by atoms with Crippen LogP contribution >= 0.6 is 11.8 Å². The van der Waals surface area contributed by atoms with Gasteiger partial charge < -0.3 is 10.5 Å². The van der Waals surface area contributed by atoms with Gasteiger partial charge in [-0.15, -0.1) is 5.10 Å². The average Bonchev–Trinajstić information content (AvgIpc) is 2.96. The van der Waals surface area contributed by atoms with Gasteiger partial charge in [0.1, 0.15) is 6.54 Å². The van der Waals surface area contributed by atoms with Gasteiger partial charge in [0.15, 0.2) is 5.78 Å². The molecule has 2 aliphatic heterocycles. The summed E-state index contributed by atoms with van der Waals surface area (Å²) in [5.74, 6) is 2.62. The number of ether oxygens (including phenoxy) is 1. The Morgan fingerprint density at radius 3 is 3.05 bits per heavy atom. The van der Waals surface area contributed by atoms with Gasteiger partial charge in [-0.3, -0.25) is 4.79 Å². The lowest BCUT2D eigenvalue weighted by Gasteiger charge is -2.42. The van der Waals surface area contributed by atoms with Crippen molar-refractivity contribution in [2.75, 3.05) is 18.1 Å². The van der Waals surface area contributed by atoms with E-state index in [0.29, 0.717) is 19.7 Å². The molecule has 0 aliphatic carbocycles. The molecule has 2 aliphatic rings. The fourth-order valence-corrected chi connectivity index (χ4v) is 4.43. The predicted octanol–water partition coefficient (Wildman–Crippen LogP) is 0.998. The van der Waals surface area contributed by atoms with Crippen LogP contribution in [0.25, 0.3) is 0 Å². The van der Waals surface area contributed by atoms with Crippen molar-refractivity contribution in [1.29, 1.82) is 0 Å². The van der Waals surface area contributed by atoms with Crippen molar-refractivity contribution < 1.29 is 9.53 Å². The number of nitrogens with zero attached hydrogens (tertiary/aromatic N) is 3. The van der Waals surface area contributed by atoms with E-state index in [0.717, 1.165) is 42.9 Å². The van der Waals surface area contributed by atoms with Crippen molar-refractivity contribution in [3.8, 4) is 0 Å². The molecule has 1 aromatic rings. The molecule has 2 N–H and O–H groups in total. The van der Waals surface area contributed by atoms with Crippen molar-refractivity contribution in [2.24, 2.45) is 11.7 Å². The third-order valence-corrected chi connectivity index (χ3v) is 5.45. The average molecular weight is 310 g/mol. The molecule has 116 valence electrons. The van der Waals surface area contributed by atoms with Gasteiger partial charge in [-0.05, 0) is 37.2 Å². The zero-order chi connectivity index (χ0) is 14.7. The van der Waals surface area contributed by atoms with Gasteiger partial charge in [-0.2, -0.15) is 11.8 Å². The molecule has 1 spiro atoms. The summed E-state index contributed by atoms with van der Waals surface area (Å²) in [7, 11) is 0. The topological polar surface area (TPSA) is 83.0 Å². The molecule has 6 nitrogen and oxygen atoms in total. The SMILES string of the molecule is NCc1cn(CC(=O)C2CCOC3(CCSCC3)C2)nn1. The molecular formula is C14H22N4O2S. The van der Waals surface area contributed by atoms with Crippen LogP contribution in [0.4, 0.5) is 0 Å². The smallest absolute Gasteiger partial charge is 0.157 e. The summed E-state index contributed by atoms with van der Waals surface area (Å²) in [6.45, 7) is 1.35. The van der Waals surface area contributed by atoms with Gasteiger partial charge >= 0.3 is 0 Å². The van der Waals surface area contributed by atoms with Gasteiger partial charge in [0, 0.05) is 19.1 Å². The minimum atomic E-state index is -0.0470. The number of rotatable bonds is 4. The Morgan fingerprint density at radius 1 is 1.52 bits per heavy atom. The maximum atomic E-state index is 12.5. The van der Waals surface area contributed by atoms with Crippen LogP contribution in [0.2, 0.25) is 0 Å². The molecule has 7 heteroatoms. The molecule has 0 aromatic carbocycles. The van der Waals surface area contributed by atoms with E-state index in [1.54, 1.807) is 10.9 Å². The summed E-state index contributed by atoms with van der Waals surface area (Å²) in [5.41, 5.74) is 6.18. The van der Waals surface area contributed by atoms with E-state index in [1.807, 2.05) is 11.8 Å². The highest BCUT2D eigenvalue weighted by atomic mass is 32.2. The Hall–Kier alpha value is -0.920. The van der Waals surface area contributed by atoms with Crippen molar-refractivity contribution in [2.45, 2.75) is 44.4 Å². The quantitative estimate of drug-likeness (QED) is 0.893. The van der Waals surface area contributed by atoms with Crippen LogP contribution in [0.1, 0.15) is 31.4 Å². The predicted molar refractivity (Wildman–Crippen MR) is 80.9 cm³/mol. The first kappa shape index (κ1) is 15.0. The Kier molecular flexibility index (Phi) is 4.61. The Labute approximate surface area is 128 Å². The lowest BCUT2D eigenvalue weighted by atomic mass is 9.80. The van der Waals surface area contributed by atoms with Crippen molar-refractivity contribution in [3.63, 3.8) is 0 Å². The van der Waals surface area contributed by atoms with Crippen LogP contribution < -0.4 is 5.73 Å². The molecule has 0 radical (unpaired) electrons. The minimum absolute atomic E-state index is 0.0470. The molecule has 0 amide bonds. The first-order chi connectivity index (χ1) is 10.2. The second kappa shape index (κ2) is 6.46. The number of thioether (sulfide) groups is 1. The van der Waals surface area contributed by atoms with Crippen molar-refractivity contribution in [3.05, 3.63) is 11.9 Å². The van der Waals surface area contributed by atoms with E-state index in [-0.39, 0.29) is 17.3 Å². The molecule has 21 heavy (non-hydrogen) atoms. The minimum Gasteiger partial charge on any atom is -0.375 e. The van der Waals surface area contributed by atoms with E-state index in [9.17, 15) is 4.79 Å². The van der Waals surface area contributed by atoms with Gasteiger partial charge in [0.05, 0.1) is 17.5 Å². The van der Waals surface area contributed by atoms with Crippen LogP contribution in [-0.4, -0.2) is 44.5 Å². The number of hydrogen-bond donors (Lipinski definition) is 1. The van der Waals surface area contributed by atoms with Gasteiger partial charge in [-0.25, -0.2) is 4.68 Å². The largest absolute Gasteiger partial charge is 0.375 e. The zero-order valence-electron chi connectivity index (χ0n) is 12.2. The molecule has 0 saturated carbocycles. The summed E-state index contributed by atoms with van der Waals surface area (Å²) in [4.78, 5) is 12.5. The highest BCUT2D eigenvalue weighted by Crippen LogP contribution is 2.40. The normalized spacial score (nSPS) is 25.1. The van der Waals surface area contributed by atoms with Crippen molar-refractivity contribution >= 4 is 17.5 Å². The van der Waals surface area contributed by atoms with E-state index in [1.165, 1.54) is 0 Å². The number of hydrogen-bond acceptors (Lipinski definition) is 6. The third-order valence-electron chi connectivity index (χ3n) is 4.47. The number of aromatic nitrogens is 3. The first-order valence-corrected chi connectivity index (χ1v) is 8.70. The second-order valence-corrected chi connectivity index (χ2v) is 7.14. The fourth-order valence-electron chi connectivity index (χ4n) is 3.19. The van der Waals surface area contributed by atoms with Gasteiger partial charge in [0.2, 0.25) is 0 Å². The summed E-state index contributed by atoms with van der Waals surface area (Å²) in [6.07, 6.45) is 5.59. The highest BCUT2D eigenvalue weighted by molar-refractivity contribution is 7.99. The number of ketones is 1. The fraction of sp³-hybridized carbons (Fsp3) is 0.786. The number of Topliss-reactive ketones (excluding diaryl/α,β-unsaturated/α-hetero) is 1. The highest BCUT2D eigenvalue weighted by Gasteiger charge is 2.40. The van der Waals surface area contributed by atoms with E-state index >= 15 is 0 Å². The Bertz CT molecular complexity index is 493. The van der Waals surface area contributed by atoms with E-state index in [2.05, 4.69) is 10.3 Å². The lowest BCUT2D eigenvalue weighted by Crippen LogP contribution is -2.45. The first-order valence-electron chi connectivity index (χ1n) is 7.54. The summed E-state index contributed by atoms with van der Waals surface area (Å²) >= 11 is 1.98. The summed E-state index contributed by atoms with van der Waals surface area (Å²) in [5, 5.41) is 7.88. The molecule has 0 bridgehead atoms. The molecule has 2 fully saturated rings. The van der Waals surface area contributed by atoms with E-state index < -0.39 is 0 Å². The molecule has 3 rings (SSSR count). The monoisotopic (exact) mass is 310 g/mol. The molecular weight excluding hydrogens is 288 g/mol. The summed E-state index contributed by atoms with van der Waals surface area (Å²) in [6, 6.07) is 0. The maximum absolute atomic E-state index is 12.5. The zero-order valence-corrected chi connectivity index (χ0v) is 13.0. The lowest BCUT2D eigenvalue weighted by molar-refractivity contribution is -0.139. The van der Waals surface area contributed by atoms with Crippen LogP contribution in [0.5, 0.6) is 0 Å². The van der Waals surface area contributed by atoms with Crippen LogP contribution in [0, 0.1) is 5.92 Å². The molecule has 1 atom stereocenters. The number of nitrogens with two attached hydrogens (primary N) is 1. The van der Waals surface area contributed by atoms with Crippen molar-refractivity contribution in [1.82, 2.24) is 15.0 Å². The van der Waals surface area contributed by atoms with Gasteiger partial charge in [-0.1, -0.05) is 5.21 Å². The summed E-state index contributed by atoms with van der Waals surface area (Å²) < 4.78 is 7.64. The molecule has 3 heterocycles.